The number of rotatable bonds is 7. The summed E-state index contributed by atoms with van der Waals surface area (Å²) in [4.78, 5) is 14.0. The Hall–Kier alpha value is -0.610. The number of hydrogen-bond donors (Lipinski definition) is 2. The van der Waals surface area contributed by atoms with Gasteiger partial charge < -0.3 is 15.5 Å². The molecule has 4 heteroatoms. The van der Waals surface area contributed by atoms with Crippen molar-refractivity contribution in [1.29, 1.82) is 0 Å². The molecule has 2 N–H and O–H groups in total. The predicted octanol–water partition coefficient (Wildman–Crippen LogP) is 1.22. The number of carbonyl (C=O) groups excluding carboxylic acids is 1. The van der Waals surface area contributed by atoms with Crippen molar-refractivity contribution in [3.8, 4) is 0 Å². The molecule has 106 valence electrons. The number of amides is 1. The van der Waals surface area contributed by atoms with Gasteiger partial charge in [-0.25, -0.2) is 0 Å². The van der Waals surface area contributed by atoms with E-state index in [-0.39, 0.29) is 5.91 Å². The zero-order valence-electron chi connectivity index (χ0n) is 12.2. The van der Waals surface area contributed by atoms with Crippen LogP contribution in [0.4, 0.5) is 0 Å². The quantitative estimate of drug-likeness (QED) is 0.672. The Kier molecular flexibility index (Phi) is 7.28. The minimum Gasteiger partial charge on any atom is -0.356 e. The van der Waals surface area contributed by atoms with Gasteiger partial charge in [0.25, 0.3) is 0 Å². The van der Waals surface area contributed by atoms with Crippen molar-refractivity contribution in [3.05, 3.63) is 0 Å². The first-order valence-electron chi connectivity index (χ1n) is 7.27. The number of nitrogens with zero attached hydrogens (tertiary/aromatic N) is 1. The Morgan fingerprint density at radius 1 is 1.39 bits per heavy atom. The van der Waals surface area contributed by atoms with Crippen molar-refractivity contribution < 1.29 is 4.79 Å². The van der Waals surface area contributed by atoms with Crippen molar-refractivity contribution in [2.45, 2.75) is 45.6 Å². The molecule has 1 aliphatic rings. The lowest BCUT2D eigenvalue weighted by atomic mass is 9.94. The van der Waals surface area contributed by atoms with Crippen molar-refractivity contribution in [1.82, 2.24) is 15.5 Å². The van der Waals surface area contributed by atoms with Crippen molar-refractivity contribution >= 4 is 5.91 Å². The average Bonchev–Trinajstić information content (AvgIpc) is 2.35. The molecule has 1 amide bonds. The summed E-state index contributed by atoms with van der Waals surface area (Å²) in [6.45, 7) is 8.37. The molecule has 0 bridgehead atoms. The molecule has 1 fully saturated rings. The highest BCUT2D eigenvalue weighted by Gasteiger charge is 2.16. The Labute approximate surface area is 111 Å². The number of piperidine rings is 1. The first kappa shape index (κ1) is 15.4. The molecule has 0 aliphatic carbocycles. The Morgan fingerprint density at radius 2 is 2.06 bits per heavy atom. The van der Waals surface area contributed by atoms with Gasteiger partial charge in [-0.15, -0.1) is 0 Å². The van der Waals surface area contributed by atoms with Gasteiger partial charge in [0.15, 0.2) is 0 Å². The van der Waals surface area contributed by atoms with Gasteiger partial charge in [-0.05, 0) is 65.7 Å². The molecule has 1 heterocycles. The van der Waals surface area contributed by atoms with Gasteiger partial charge in [-0.3, -0.25) is 4.79 Å². The van der Waals surface area contributed by atoms with Crippen molar-refractivity contribution in [2.24, 2.45) is 5.92 Å². The highest BCUT2D eigenvalue weighted by molar-refractivity contribution is 5.76. The number of carbonyl (C=O) groups is 1. The predicted molar refractivity (Wildman–Crippen MR) is 75.6 cm³/mol. The molecule has 0 aromatic carbocycles. The summed E-state index contributed by atoms with van der Waals surface area (Å²) in [6.07, 6.45) is 4.03. The maximum absolute atomic E-state index is 11.7. The third kappa shape index (κ3) is 6.36. The monoisotopic (exact) mass is 255 g/mol. The summed E-state index contributed by atoms with van der Waals surface area (Å²) in [5.41, 5.74) is 0. The molecule has 0 atom stereocenters. The fourth-order valence-electron chi connectivity index (χ4n) is 2.23. The van der Waals surface area contributed by atoms with Crippen molar-refractivity contribution in [2.75, 3.05) is 33.2 Å². The average molecular weight is 255 g/mol. The number of hydrogen-bond acceptors (Lipinski definition) is 3. The fourth-order valence-corrected chi connectivity index (χ4v) is 2.23. The summed E-state index contributed by atoms with van der Waals surface area (Å²) < 4.78 is 0. The molecule has 0 saturated carbocycles. The molecule has 0 radical (unpaired) electrons. The van der Waals surface area contributed by atoms with Gasteiger partial charge in [0, 0.05) is 19.0 Å². The van der Waals surface area contributed by atoms with Crippen LogP contribution < -0.4 is 10.6 Å². The Balaban J connectivity index is 2.02. The normalized spacial score (nSPS) is 17.4. The van der Waals surface area contributed by atoms with Gasteiger partial charge in [0.05, 0.1) is 0 Å². The van der Waals surface area contributed by atoms with Gasteiger partial charge in [0.2, 0.25) is 5.91 Å². The molecule has 1 rings (SSSR count). The molecule has 0 aromatic rings. The van der Waals surface area contributed by atoms with Crippen LogP contribution in [0.5, 0.6) is 0 Å². The van der Waals surface area contributed by atoms with Crippen LogP contribution in [0.1, 0.15) is 39.5 Å². The van der Waals surface area contributed by atoms with E-state index in [1.165, 1.54) is 0 Å². The third-order valence-electron chi connectivity index (χ3n) is 3.82. The van der Waals surface area contributed by atoms with Crippen LogP contribution in [0, 0.1) is 5.92 Å². The van der Waals surface area contributed by atoms with Crippen LogP contribution in [-0.4, -0.2) is 50.1 Å². The van der Waals surface area contributed by atoms with E-state index in [1.807, 2.05) is 0 Å². The maximum Gasteiger partial charge on any atom is 0.220 e. The van der Waals surface area contributed by atoms with E-state index < -0.39 is 0 Å². The zero-order chi connectivity index (χ0) is 13.4. The highest BCUT2D eigenvalue weighted by Crippen LogP contribution is 2.15. The van der Waals surface area contributed by atoms with Crippen LogP contribution in [0.3, 0.4) is 0 Å². The third-order valence-corrected chi connectivity index (χ3v) is 3.82. The van der Waals surface area contributed by atoms with Gasteiger partial charge >= 0.3 is 0 Å². The molecule has 1 saturated heterocycles. The minimum atomic E-state index is 0.231. The highest BCUT2D eigenvalue weighted by atomic mass is 16.1. The lowest BCUT2D eigenvalue weighted by molar-refractivity contribution is -0.122. The minimum absolute atomic E-state index is 0.231. The first-order chi connectivity index (χ1) is 8.59. The van der Waals surface area contributed by atoms with Crippen LogP contribution >= 0.6 is 0 Å². The van der Waals surface area contributed by atoms with E-state index in [0.29, 0.717) is 18.4 Å². The summed E-state index contributed by atoms with van der Waals surface area (Å²) in [5, 5.41) is 6.36. The lowest BCUT2D eigenvalue weighted by Gasteiger charge is -2.22. The Morgan fingerprint density at radius 3 is 2.67 bits per heavy atom. The fraction of sp³-hybridized carbons (Fsp3) is 0.929. The molecule has 0 spiro atoms. The SMILES string of the molecule is CC(C)N(C)CCCNC(=O)CC1CCNCC1. The molecular formula is C14H29N3O. The van der Waals surface area contributed by atoms with Crippen LogP contribution in [0.15, 0.2) is 0 Å². The van der Waals surface area contributed by atoms with Crippen LogP contribution in [0.2, 0.25) is 0 Å². The van der Waals surface area contributed by atoms with E-state index >= 15 is 0 Å². The summed E-state index contributed by atoms with van der Waals surface area (Å²) in [7, 11) is 2.13. The molecule has 0 aromatic heterocycles. The molecule has 1 aliphatic heterocycles. The van der Waals surface area contributed by atoms with E-state index in [1.54, 1.807) is 0 Å². The first-order valence-corrected chi connectivity index (χ1v) is 7.27. The molecule has 4 nitrogen and oxygen atoms in total. The molecule has 0 unspecified atom stereocenters. The van der Waals surface area contributed by atoms with E-state index in [9.17, 15) is 4.79 Å². The standard InChI is InChI=1S/C14H29N3O/c1-12(2)17(3)10-4-7-16-14(18)11-13-5-8-15-9-6-13/h12-13,15H,4-11H2,1-3H3,(H,16,18). The molecule has 18 heavy (non-hydrogen) atoms. The largest absolute Gasteiger partial charge is 0.356 e. The van der Waals surface area contributed by atoms with Gasteiger partial charge in [0.1, 0.15) is 0 Å². The second kappa shape index (κ2) is 8.48. The summed E-state index contributed by atoms with van der Waals surface area (Å²) >= 11 is 0. The topological polar surface area (TPSA) is 44.4 Å². The second-order valence-electron chi connectivity index (χ2n) is 5.68. The smallest absolute Gasteiger partial charge is 0.220 e. The summed E-state index contributed by atoms with van der Waals surface area (Å²) in [6, 6.07) is 0.579. The van der Waals surface area contributed by atoms with E-state index in [0.717, 1.165) is 45.4 Å². The van der Waals surface area contributed by atoms with Crippen LogP contribution in [0.25, 0.3) is 0 Å². The maximum atomic E-state index is 11.7. The summed E-state index contributed by atoms with van der Waals surface area (Å²) in [5.74, 6) is 0.818. The second-order valence-corrected chi connectivity index (χ2v) is 5.68. The van der Waals surface area contributed by atoms with E-state index in [2.05, 4.69) is 36.4 Å². The van der Waals surface area contributed by atoms with E-state index in [4.69, 9.17) is 0 Å². The van der Waals surface area contributed by atoms with Gasteiger partial charge in [-0.1, -0.05) is 0 Å². The van der Waals surface area contributed by atoms with Crippen molar-refractivity contribution in [3.63, 3.8) is 0 Å². The lowest BCUT2D eigenvalue weighted by Crippen LogP contribution is -2.34. The zero-order valence-corrected chi connectivity index (χ0v) is 12.2. The number of nitrogens with one attached hydrogen (secondary N) is 2. The molecular weight excluding hydrogens is 226 g/mol. The van der Waals surface area contributed by atoms with Crippen LogP contribution in [-0.2, 0) is 4.79 Å². The van der Waals surface area contributed by atoms with Gasteiger partial charge in [-0.2, -0.15) is 0 Å². The Bertz CT molecular complexity index is 237.